The number of fused-ring (bicyclic) bond motifs is 1. The average molecular weight is 259 g/mol. The molecule has 0 atom stereocenters. The minimum atomic E-state index is 0.945. The van der Waals surface area contributed by atoms with Gasteiger partial charge in [-0.3, -0.25) is 0 Å². The van der Waals surface area contributed by atoms with Crippen molar-refractivity contribution in [3.05, 3.63) is 29.0 Å². The monoisotopic (exact) mass is 259 g/mol. The first kappa shape index (κ1) is 12.6. The fraction of sp³-hybridized carbons (Fsp3) is 0.533. The van der Waals surface area contributed by atoms with Crippen LogP contribution in [-0.2, 0) is 6.42 Å². The van der Waals surface area contributed by atoms with Gasteiger partial charge < -0.3 is 14.7 Å². The molecule has 1 saturated heterocycles. The number of aromatic nitrogens is 1. The first-order chi connectivity index (χ1) is 9.24. The molecule has 1 aliphatic rings. The fourth-order valence-corrected chi connectivity index (χ4v) is 2.82. The number of benzene rings is 1. The second-order valence-electron chi connectivity index (χ2n) is 5.43. The largest absolute Gasteiger partial charge is 0.356 e. The summed E-state index contributed by atoms with van der Waals surface area (Å²) in [4.78, 5) is 2.49. The molecular weight excluding hydrogens is 238 g/mol. The van der Waals surface area contributed by atoms with E-state index >= 15 is 0 Å². The predicted molar refractivity (Wildman–Crippen MR) is 76.5 cm³/mol. The summed E-state index contributed by atoms with van der Waals surface area (Å²) in [6, 6.07) is 4.33. The molecule has 0 unspecified atom stereocenters. The molecule has 0 amide bonds. The Morgan fingerprint density at radius 1 is 1.26 bits per heavy atom. The minimum absolute atomic E-state index is 0.945. The Hall–Kier alpha value is -1.39. The van der Waals surface area contributed by atoms with Gasteiger partial charge in [-0.2, -0.15) is 0 Å². The van der Waals surface area contributed by atoms with E-state index in [1.54, 1.807) is 0 Å². The zero-order valence-corrected chi connectivity index (χ0v) is 11.7. The molecule has 1 aliphatic heterocycles. The van der Waals surface area contributed by atoms with Gasteiger partial charge in [0.1, 0.15) is 0 Å². The maximum absolute atomic E-state index is 5.49. The normalized spacial score (nSPS) is 17.2. The van der Waals surface area contributed by atoms with Crippen LogP contribution in [0.4, 0.5) is 0 Å². The van der Waals surface area contributed by atoms with E-state index in [4.69, 9.17) is 4.52 Å². The number of nitrogens with one attached hydrogen (secondary N) is 1. The van der Waals surface area contributed by atoms with Crippen LogP contribution in [0.25, 0.3) is 11.0 Å². The van der Waals surface area contributed by atoms with Gasteiger partial charge in [-0.1, -0.05) is 11.2 Å². The van der Waals surface area contributed by atoms with Crippen molar-refractivity contribution in [1.82, 2.24) is 15.4 Å². The Bertz CT molecular complexity index is 570. The summed E-state index contributed by atoms with van der Waals surface area (Å²) in [5.41, 5.74) is 4.49. The molecule has 19 heavy (non-hydrogen) atoms. The number of hydrogen-bond acceptors (Lipinski definition) is 4. The number of aryl methyl sites for hydroxylation is 2. The first-order valence-corrected chi connectivity index (χ1v) is 7.02. The van der Waals surface area contributed by atoms with Gasteiger partial charge >= 0.3 is 0 Å². The van der Waals surface area contributed by atoms with Crippen LogP contribution in [-0.4, -0.2) is 42.8 Å². The quantitative estimate of drug-likeness (QED) is 0.914. The lowest BCUT2D eigenvalue weighted by atomic mass is 10.1. The highest BCUT2D eigenvalue weighted by Gasteiger charge is 2.14. The molecule has 0 saturated carbocycles. The van der Waals surface area contributed by atoms with Gasteiger partial charge in [0.15, 0.2) is 5.58 Å². The Labute approximate surface area is 113 Å². The lowest BCUT2D eigenvalue weighted by Crippen LogP contribution is -2.44. The summed E-state index contributed by atoms with van der Waals surface area (Å²) in [5.74, 6) is 0. The first-order valence-electron chi connectivity index (χ1n) is 7.02. The molecule has 4 nitrogen and oxygen atoms in total. The summed E-state index contributed by atoms with van der Waals surface area (Å²) in [6.07, 6.45) is 0.968. The molecule has 0 spiro atoms. The molecule has 0 aliphatic carbocycles. The van der Waals surface area contributed by atoms with Crippen LogP contribution in [0.15, 0.2) is 16.7 Å². The second kappa shape index (κ2) is 5.31. The van der Waals surface area contributed by atoms with E-state index in [-0.39, 0.29) is 0 Å². The number of rotatable bonds is 3. The molecule has 2 heterocycles. The zero-order chi connectivity index (χ0) is 13.2. The van der Waals surface area contributed by atoms with Crippen LogP contribution in [0.5, 0.6) is 0 Å². The third-order valence-corrected chi connectivity index (χ3v) is 3.85. The Morgan fingerprint density at radius 2 is 2.05 bits per heavy atom. The molecule has 1 aromatic carbocycles. The van der Waals surface area contributed by atoms with E-state index < -0.39 is 0 Å². The Balaban J connectivity index is 1.77. The molecular formula is C15H21N3O. The van der Waals surface area contributed by atoms with Gasteiger partial charge in [0.25, 0.3) is 0 Å². The predicted octanol–water partition coefficient (Wildman–Crippen LogP) is 1.89. The van der Waals surface area contributed by atoms with Crippen molar-refractivity contribution >= 4 is 11.0 Å². The van der Waals surface area contributed by atoms with Crippen LogP contribution < -0.4 is 5.32 Å². The summed E-state index contributed by atoms with van der Waals surface area (Å²) < 4.78 is 5.49. The van der Waals surface area contributed by atoms with Crippen molar-refractivity contribution in [2.75, 3.05) is 32.7 Å². The van der Waals surface area contributed by atoms with Crippen LogP contribution >= 0.6 is 0 Å². The van der Waals surface area contributed by atoms with Crippen molar-refractivity contribution in [3.63, 3.8) is 0 Å². The lowest BCUT2D eigenvalue weighted by molar-refractivity contribution is 0.242. The van der Waals surface area contributed by atoms with E-state index in [0.29, 0.717) is 0 Å². The highest BCUT2D eigenvalue weighted by Crippen LogP contribution is 2.24. The summed E-state index contributed by atoms with van der Waals surface area (Å²) in [6.45, 7) is 9.73. The maximum Gasteiger partial charge on any atom is 0.170 e. The topological polar surface area (TPSA) is 41.3 Å². The van der Waals surface area contributed by atoms with Gasteiger partial charge in [0.2, 0.25) is 0 Å². The smallest absolute Gasteiger partial charge is 0.170 e. The van der Waals surface area contributed by atoms with E-state index in [2.05, 4.69) is 41.4 Å². The number of piperazine rings is 1. The molecule has 2 aromatic rings. The Kier molecular flexibility index (Phi) is 3.53. The van der Waals surface area contributed by atoms with E-state index in [1.165, 1.54) is 16.5 Å². The van der Waals surface area contributed by atoms with E-state index in [1.807, 2.05) is 0 Å². The van der Waals surface area contributed by atoms with E-state index in [9.17, 15) is 0 Å². The minimum Gasteiger partial charge on any atom is -0.356 e. The van der Waals surface area contributed by atoms with Crippen molar-refractivity contribution in [2.45, 2.75) is 20.3 Å². The number of hydrogen-bond donors (Lipinski definition) is 1. The van der Waals surface area contributed by atoms with Crippen molar-refractivity contribution in [1.29, 1.82) is 0 Å². The van der Waals surface area contributed by atoms with Crippen LogP contribution in [0.1, 0.15) is 16.8 Å². The molecule has 0 radical (unpaired) electrons. The molecule has 102 valence electrons. The van der Waals surface area contributed by atoms with Gasteiger partial charge in [-0.25, -0.2) is 0 Å². The van der Waals surface area contributed by atoms with Crippen molar-refractivity contribution in [2.24, 2.45) is 0 Å². The lowest BCUT2D eigenvalue weighted by Gasteiger charge is -2.26. The van der Waals surface area contributed by atoms with Crippen LogP contribution in [0, 0.1) is 13.8 Å². The molecule has 0 bridgehead atoms. The SMILES string of the molecule is Cc1cc(C)c2onc(CCN3CCNCC3)c2c1. The third kappa shape index (κ3) is 2.65. The van der Waals surface area contributed by atoms with E-state index in [0.717, 1.165) is 50.4 Å². The zero-order valence-electron chi connectivity index (χ0n) is 11.7. The molecule has 1 fully saturated rings. The van der Waals surface area contributed by atoms with Gasteiger partial charge in [-0.15, -0.1) is 0 Å². The van der Waals surface area contributed by atoms with Gasteiger partial charge in [0, 0.05) is 44.5 Å². The Morgan fingerprint density at radius 3 is 2.84 bits per heavy atom. The van der Waals surface area contributed by atoms with Crippen LogP contribution in [0.3, 0.4) is 0 Å². The van der Waals surface area contributed by atoms with Crippen molar-refractivity contribution < 1.29 is 4.52 Å². The summed E-state index contributed by atoms with van der Waals surface area (Å²) in [5, 5.41) is 8.83. The molecule has 4 heteroatoms. The average Bonchev–Trinajstić information content (AvgIpc) is 2.81. The second-order valence-corrected chi connectivity index (χ2v) is 5.43. The molecule has 1 aromatic heterocycles. The fourth-order valence-electron chi connectivity index (χ4n) is 2.82. The van der Waals surface area contributed by atoms with Gasteiger partial charge in [0.05, 0.1) is 5.69 Å². The molecule has 3 rings (SSSR count). The van der Waals surface area contributed by atoms with Crippen LogP contribution in [0.2, 0.25) is 0 Å². The highest BCUT2D eigenvalue weighted by atomic mass is 16.5. The standard InChI is InChI=1S/C15H21N3O/c1-11-9-12(2)15-13(10-11)14(17-19-15)3-6-18-7-4-16-5-8-18/h9-10,16H,3-8H2,1-2H3. The van der Waals surface area contributed by atoms with Gasteiger partial charge in [-0.05, 0) is 31.0 Å². The van der Waals surface area contributed by atoms with Crippen molar-refractivity contribution in [3.8, 4) is 0 Å². The highest BCUT2D eigenvalue weighted by molar-refractivity contribution is 5.83. The maximum atomic E-state index is 5.49. The third-order valence-electron chi connectivity index (χ3n) is 3.85. The number of nitrogens with zero attached hydrogens (tertiary/aromatic N) is 2. The summed E-state index contributed by atoms with van der Waals surface area (Å²) >= 11 is 0. The summed E-state index contributed by atoms with van der Waals surface area (Å²) in [7, 11) is 0. The molecule has 1 N–H and O–H groups in total.